The van der Waals surface area contributed by atoms with Crippen molar-refractivity contribution in [2.75, 3.05) is 13.2 Å². The summed E-state index contributed by atoms with van der Waals surface area (Å²) in [6.07, 6.45) is 2.24. The quantitative estimate of drug-likeness (QED) is 0.682. The van der Waals surface area contributed by atoms with Gasteiger partial charge < -0.3 is 23.7 Å². The molecule has 1 aliphatic heterocycles. The standard InChI is InChI=1S/C19H19N3O5/c23-18(14-8-9-17(26-14)25-13-5-2-1-3-6-13)20-11-10-16-21-19(27-22-16)15-7-4-12-24-15/h1-3,5-6,8-9,15H,4,7,10-12H2,(H,20,23)/t15-/m1/s1. The Labute approximate surface area is 155 Å². The van der Waals surface area contributed by atoms with Gasteiger partial charge in [0.25, 0.3) is 17.7 Å². The number of nitrogens with zero attached hydrogens (tertiary/aromatic N) is 2. The predicted molar refractivity (Wildman–Crippen MR) is 93.5 cm³/mol. The van der Waals surface area contributed by atoms with Gasteiger partial charge in [-0.1, -0.05) is 23.4 Å². The van der Waals surface area contributed by atoms with E-state index in [1.54, 1.807) is 24.3 Å². The molecule has 0 saturated carbocycles. The van der Waals surface area contributed by atoms with E-state index in [1.165, 1.54) is 0 Å². The number of hydrogen-bond acceptors (Lipinski definition) is 7. The number of furan rings is 1. The number of carbonyl (C=O) groups excluding carboxylic acids is 1. The molecule has 4 rings (SSSR count). The Morgan fingerprint density at radius 3 is 2.93 bits per heavy atom. The minimum atomic E-state index is -0.333. The molecule has 0 bridgehead atoms. The highest BCUT2D eigenvalue weighted by Crippen LogP contribution is 2.27. The van der Waals surface area contributed by atoms with Gasteiger partial charge in [0.05, 0.1) is 0 Å². The van der Waals surface area contributed by atoms with Crippen molar-refractivity contribution in [3.63, 3.8) is 0 Å². The molecule has 1 N–H and O–H groups in total. The van der Waals surface area contributed by atoms with Crippen LogP contribution < -0.4 is 10.1 Å². The molecule has 2 aromatic heterocycles. The number of nitrogens with one attached hydrogen (secondary N) is 1. The molecule has 0 spiro atoms. The molecule has 1 aliphatic rings. The van der Waals surface area contributed by atoms with Gasteiger partial charge in [-0.25, -0.2) is 0 Å². The van der Waals surface area contributed by atoms with Gasteiger partial charge in [0.15, 0.2) is 11.6 Å². The van der Waals surface area contributed by atoms with E-state index < -0.39 is 0 Å². The maximum absolute atomic E-state index is 12.2. The lowest BCUT2D eigenvalue weighted by Gasteiger charge is -2.02. The van der Waals surface area contributed by atoms with Crippen LogP contribution in [0.1, 0.15) is 41.2 Å². The third-order valence-electron chi connectivity index (χ3n) is 4.09. The van der Waals surface area contributed by atoms with Crippen LogP contribution in [0.3, 0.4) is 0 Å². The highest BCUT2D eigenvalue weighted by Gasteiger charge is 2.23. The second-order valence-electron chi connectivity index (χ2n) is 6.09. The fourth-order valence-electron chi connectivity index (χ4n) is 2.75. The average Bonchev–Trinajstić information content (AvgIpc) is 3.44. The van der Waals surface area contributed by atoms with Crippen LogP contribution in [0.5, 0.6) is 11.7 Å². The normalized spacial score (nSPS) is 16.4. The van der Waals surface area contributed by atoms with Crippen LogP contribution >= 0.6 is 0 Å². The van der Waals surface area contributed by atoms with Gasteiger partial charge in [-0.15, -0.1) is 0 Å². The Kier molecular flexibility index (Phi) is 5.15. The Balaban J connectivity index is 1.26. The lowest BCUT2D eigenvalue weighted by Crippen LogP contribution is -2.25. The number of amides is 1. The van der Waals surface area contributed by atoms with Gasteiger partial charge in [-0.05, 0) is 31.0 Å². The zero-order chi connectivity index (χ0) is 18.5. The van der Waals surface area contributed by atoms with Gasteiger partial charge in [-0.3, -0.25) is 4.79 Å². The molecule has 1 saturated heterocycles. The fourth-order valence-corrected chi connectivity index (χ4v) is 2.75. The lowest BCUT2D eigenvalue weighted by atomic mass is 10.2. The highest BCUT2D eigenvalue weighted by atomic mass is 16.6. The van der Waals surface area contributed by atoms with Crippen molar-refractivity contribution in [1.82, 2.24) is 15.5 Å². The molecule has 140 valence electrons. The van der Waals surface area contributed by atoms with Crippen LogP contribution in [0.15, 0.2) is 51.4 Å². The SMILES string of the molecule is O=C(NCCc1noc([C@H]2CCCO2)n1)c1ccc(Oc2ccccc2)o1. The third-order valence-corrected chi connectivity index (χ3v) is 4.09. The maximum Gasteiger partial charge on any atom is 0.290 e. The molecule has 27 heavy (non-hydrogen) atoms. The molecule has 3 heterocycles. The summed E-state index contributed by atoms with van der Waals surface area (Å²) in [5, 5.41) is 6.68. The van der Waals surface area contributed by atoms with Crippen molar-refractivity contribution in [2.45, 2.75) is 25.4 Å². The van der Waals surface area contributed by atoms with Crippen LogP contribution in [0.25, 0.3) is 0 Å². The smallest absolute Gasteiger partial charge is 0.290 e. The zero-order valence-electron chi connectivity index (χ0n) is 14.6. The van der Waals surface area contributed by atoms with Crippen molar-refractivity contribution >= 4 is 5.91 Å². The van der Waals surface area contributed by atoms with E-state index in [0.717, 1.165) is 19.4 Å². The van der Waals surface area contributed by atoms with Crippen LogP contribution in [0, 0.1) is 0 Å². The van der Waals surface area contributed by atoms with Crippen LogP contribution in [-0.4, -0.2) is 29.2 Å². The number of benzene rings is 1. The number of rotatable bonds is 7. The van der Waals surface area contributed by atoms with Crippen LogP contribution in [0.2, 0.25) is 0 Å². The van der Waals surface area contributed by atoms with Crippen molar-refractivity contribution in [2.24, 2.45) is 0 Å². The molecular weight excluding hydrogens is 350 g/mol. The number of ether oxygens (including phenoxy) is 2. The molecule has 1 aromatic carbocycles. The second-order valence-corrected chi connectivity index (χ2v) is 6.09. The Hall–Kier alpha value is -3.13. The van der Waals surface area contributed by atoms with Crippen LogP contribution in [0.4, 0.5) is 0 Å². The summed E-state index contributed by atoms with van der Waals surface area (Å²) in [6, 6.07) is 12.4. The number of hydrogen-bond donors (Lipinski definition) is 1. The van der Waals surface area contributed by atoms with Gasteiger partial charge in [0.1, 0.15) is 11.9 Å². The van der Waals surface area contributed by atoms with Crippen molar-refractivity contribution in [3.05, 3.63) is 59.9 Å². The van der Waals surface area contributed by atoms with E-state index in [9.17, 15) is 4.79 Å². The summed E-state index contributed by atoms with van der Waals surface area (Å²) >= 11 is 0. The first-order chi connectivity index (χ1) is 13.3. The van der Waals surface area contributed by atoms with Crippen molar-refractivity contribution in [1.29, 1.82) is 0 Å². The Morgan fingerprint density at radius 2 is 2.11 bits per heavy atom. The van der Waals surface area contributed by atoms with E-state index in [0.29, 0.717) is 30.4 Å². The summed E-state index contributed by atoms with van der Waals surface area (Å²) in [6.45, 7) is 1.08. The summed E-state index contributed by atoms with van der Waals surface area (Å²) in [5.41, 5.74) is 0. The first kappa shape index (κ1) is 17.3. The first-order valence-corrected chi connectivity index (χ1v) is 8.83. The monoisotopic (exact) mass is 369 g/mol. The largest absolute Gasteiger partial charge is 0.426 e. The van der Waals surface area contributed by atoms with Crippen molar-refractivity contribution < 1.29 is 23.2 Å². The molecule has 1 fully saturated rings. The first-order valence-electron chi connectivity index (χ1n) is 8.83. The van der Waals surface area contributed by atoms with E-state index in [1.807, 2.05) is 18.2 Å². The van der Waals surface area contributed by atoms with E-state index in [-0.39, 0.29) is 23.7 Å². The van der Waals surface area contributed by atoms with Gasteiger partial charge in [0.2, 0.25) is 0 Å². The second kappa shape index (κ2) is 8.05. The van der Waals surface area contributed by atoms with E-state index in [4.69, 9.17) is 18.4 Å². The number of carbonyl (C=O) groups is 1. The lowest BCUT2D eigenvalue weighted by molar-refractivity contribution is 0.0835. The zero-order valence-corrected chi connectivity index (χ0v) is 14.6. The predicted octanol–water partition coefficient (Wildman–Crippen LogP) is 3.28. The Morgan fingerprint density at radius 1 is 1.22 bits per heavy atom. The molecule has 1 atom stereocenters. The fraction of sp³-hybridized carbons (Fsp3) is 0.316. The van der Waals surface area contributed by atoms with Gasteiger partial charge in [-0.2, -0.15) is 4.98 Å². The minimum Gasteiger partial charge on any atom is -0.426 e. The van der Waals surface area contributed by atoms with Crippen LogP contribution in [-0.2, 0) is 11.2 Å². The summed E-state index contributed by atoms with van der Waals surface area (Å²) < 4.78 is 21.7. The Bertz CT molecular complexity index is 884. The van der Waals surface area contributed by atoms with E-state index >= 15 is 0 Å². The molecule has 0 unspecified atom stereocenters. The van der Waals surface area contributed by atoms with Gasteiger partial charge >= 0.3 is 0 Å². The molecule has 8 heteroatoms. The maximum atomic E-state index is 12.2. The number of aromatic nitrogens is 2. The molecular formula is C19H19N3O5. The summed E-state index contributed by atoms with van der Waals surface area (Å²) in [7, 11) is 0. The minimum absolute atomic E-state index is 0.105. The third kappa shape index (κ3) is 4.35. The molecule has 0 aliphatic carbocycles. The number of para-hydroxylation sites is 1. The topological polar surface area (TPSA) is 99.6 Å². The average molecular weight is 369 g/mol. The molecule has 3 aromatic rings. The summed E-state index contributed by atoms with van der Waals surface area (Å²) in [4.78, 5) is 16.5. The summed E-state index contributed by atoms with van der Waals surface area (Å²) in [5.74, 6) is 1.77. The van der Waals surface area contributed by atoms with E-state index in [2.05, 4.69) is 15.5 Å². The van der Waals surface area contributed by atoms with Crippen molar-refractivity contribution in [3.8, 4) is 11.7 Å². The van der Waals surface area contributed by atoms with Gasteiger partial charge in [0, 0.05) is 25.6 Å². The molecule has 1 amide bonds. The highest BCUT2D eigenvalue weighted by molar-refractivity contribution is 5.91. The molecule has 8 nitrogen and oxygen atoms in total. The molecule has 0 radical (unpaired) electrons.